The molecule has 0 aromatic heterocycles. The number of hydrogen-bond donors (Lipinski definition) is 0. The zero-order valence-electron chi connectivity index (χ0n) is 18.2. The Labute approximate surface area is 173 Å². The predicted octanol–water partition coefficient (Wildman–Crippen LogP) is 6.99. The molecule has 0 heterocycles. The van der Waals surface area contributed by atoms with Crippen LogP contribution >= 0.6 is 0 Å². The molecule has 3 heteroatoms. The fraction of sp³-hybridized carbons (Fsp3) is 0.680. The maximum atomic E-state index is 11.4. The minimum absolute atomic E-state index is 0.251. The Morgan fingerprint density at radius 3 is 2.54 bits per heavy atom. The Balaban J connectivity index is 2.08. The Morgan fingerprint density at radius 2 is 1.79 bits per heavy atom. The molecular weight excluding hydrogens is 346 g/mol. The second-order valence-corrected chi connectivity index (χ2v) is 7.61. The molecule has 0 spiro atoms. The molecule has 0 saturated carbocycles. The molecule has 0 amide bonds. The van der Waals surface area contributed by atoms with Gasteiger partial charge in [-0.05, 0) is 57.4 Å². The fourth-order valence-corrected chi connectivity index (χ4v) is 3.35. The van der Waals surface area contributed by atoms with Crippen molar-refractivity contribution in [3.8, 4) is 0 Å². The topological polar surface area (TPSA) is 38.7 Å². The SMILES string of the molecule is CCCCCCCCCC=CCCCN=C1C=CCC(C=CC(=O)OCC)C1. The third kappa shape index (κ3) is 13.5. The van der Waals surface area contributed by atoms with E-state index >= 15 is 0 Å². The van der Waals surface area contributed by atoms with E-state index in [9.17, 15) is 4.79 Å². The number of unbranched alkanes of at least 4 members (excludes halogenated alkanes) is 8. The van der Waals surface area contributed by atoms with E-state index in [1.807, 2.05) is 13.0 Å². The third-order valence-electron chi connectivity index (χ3n) is 5.00. The summed E-state index contributed by atoms with van der Waals surface area (Å²) in [6, 6.07) is 0. The van der Waals surface area contributed by atoms with Gasteiger partial charge >= 0.3 is 5.97 Å². The van der Waals surface area contributed by atoms with Crippen LogP contribution in [0.15, 0.2) is 41.4 Å². The van der Waals surface area contributed by atoms with Gasteiger partial charge in [0.2, 0.25) is 0 Å². The van der Waals surface area contributed by atoms with Crippen LogP contribution in [0.4, 0.5) is 0 Å². The van der Waals surface area contributed by atoms with Gasteiger partial charge < -0.3 is 4.74 Å². The number of nitrogens with zero attached hydrogens (tertiary/aromatic N) is 1. The van der Waals surface area contributed by atoms with Crippen molar-refractivity contribution in [3.05, 3.63) is 36.5 Å². The number of carbonyl (C=O) groups excluding carboxylic acids is 1. The summed E-state index contributed by atoms with van der Waals surface area (Å²) in [5.41, 5.74) is 1.15. The standard InChI is InChI=1S/C25H41NO2/c1-3-5-6-7-8-9-10-11-12-13-14-15-21-26-24-18-16-17-23(22-24)19-20-25(27)28-4-2/h12-13,16,18-20,23H,3-11,14-15,17,21-22H2,1-2H3. The molecular formula is C25H41NO2. The van der Waals surface area contributed by atoms with Gasteiger partial charge in [0, 0.05) is 18.3 Å². The molecule has 0 aromatic carbocycles. The molecule has 28 heavy (non-hydrogen) atoms. The number of allylic oxidation sites excluding steroid dienone is 5. The summed E-state index contributed by atoms with van der Waals surface area (Å²) in [5.74, 6) is 0.105. The van der Waals surface area contributed by atoms with Crippen LogP contribution in [0, 0.1) is 5.92 Å². The average Bonchev–Trinajstić information content (AvgIpc) is 2.70. The molecule has 0 saturated heterocycles. The highest BCUT2D eigenvalue weighted by molar-refractivity contribution is 5.96. The molecule has 0 radical (unpaired) electrons. The summed E-state index contributed by atoms with van der Waals surface area (Å²) in [6.45, 7) is 5.40. The highest BCUT2D eigenvalue weighted by Gasteiger charge is 2.11. The van der Waals surface area contributed by atoms with Crippen molar-refractivity contribution in [1.29, 1.82) is 0 Å². The molecule has 0 aliphatic heterocycles. The smallest absolute Gasteiger partial charge is 0.330 e. The van der Waals surface area contributed by atoms with Gasteiger partial charge in [-0.25, -0.2) is 4.79 Å². The summed E-state index contributed by atoms with van der Waals surface area (Å²) in [4.78, 5) is 16.1. The van der Waals surface area contributed by atoms with Gasteiger partial charge in [-0.1, -0.05) is 69.8 Å². The van der Waals surface area contributed by atoms with E-state index in [0.29, 0.717) is 12.5 Å². The number of carbonyl (C=O) groups is 1. The number of aliphatic imine (C=N–C) groups is 1. The van der Waals surface area contributed by atoms with Crippen LogP contribution in [0.2, 0.25) is 0 Å². The van der Waals surface area contributed by atoms with E-state index < -0.39 is 0 Å². The lowest BCUT2D eigenvalue weighted by atomic mass is 9.92. The van der Waals surface area contributed by atoms with E-state index in [1.54, 1.807) is 6.08 Å². The molecule has 0 aromatic rings. The lowest BCUT2D eigenvalue weighted by Crippen LogP contribution is -2.10. The van der Waals surface area contributed by atoms with Crippen LogP contribution in [0.3, 0.4) is 0 Å². The zero-order valence-corrected chi connectivity index (χ0v) is 18.2. The summed E-state index contributed by atoms with van der Waals surface area (Å²) < 4.78 is 4.93. The minimum Gasteiger partial charge on any atom is -0.463 e. The molecule has 0 N–H and O–H groups in total. The Morgan fingerprint density at radius 1 is 1.07 bits per heavy atom. The van der Waals surface area contributed by atoms with Gasteiger partial charge in [0.1, 0.15) is 0 Å². The highest BCUT2D eigenvalue weighted by atomic mass is 16.5. The average molecular weight is 388 g/mol. The van der Waals surface area contributed by atoms with Gasteiger partial charge in [-0.15, -0.1) is 0 Å². The highest BCUT2D eigenvalue weighted by Crippen LogP contribution is 2.18. The number of esters is 1. The fourth-order valence-electron chi connectivity index (χ4n) is 3.35. The third-order valence-corrected chi connectivity index (χ3v) is 5.00. The molecule has 1 unspecified atom stereocenters. The van der Waals surface area contributed by atoms with Crippen molar-refractivity contribution >= 4 is 11.7 Å². The summed E-state index contributed by atoms with van der Waals surface area (Å²) >= 11 is 0. The lowest BCUT2D eigenvalue weighted by Gasteiger charge is -2.15. The first-order chi connectivity index (χ1) is 13.8. The predicted molar refractivity (Wildman–Crippen MR) is 121 cm³/mol. The van der Waals surface area contributed by atoms with Crippen LogP contribution in [-0.4, -0.2) is 24.8 Å². The van der Waals surface area contributed by atoms with Crippen LogP contribution in [0.5, 0.6) is 0 Å². The second kappa shape index (κ2) is 17.5. The van der Waals surface area contributed by atoms with Gasteiger partial charge in [0.05, 0.1) is 6.61 Å². The van der Waals surface area contributed by atoms with Crippen LogP contribution in [0.25, 0.3) is 0 Å². The molecule has 0 bridgehead atoms. The van der Waals surface area contributed by atoms with Gasteiger partial charge in [-0.3, -0.25) is 4.99 Å². The van der Waals surface area contributed by atoms with E-state index in [0.717, 1.165) is 37.9 Å². The normalized spacial score (nSPS) is 18.5. The summed E-state index contributed by atoms with van der Waals surface area (Å²) in [5, 5.41) is 0. The molecule has 3 nitrogen and oxygen atoms in total. The number of rotatable bonds is 15. The first kappa shape index (κ1) is 24.4. The van der Waals surface area contributed by atoms with Crippen molar-refractivity contribution < 1.29 is 9.53 Å². The lowest BCUT2D eigenvalue weighted by molar-refractivity contribution is -0.137. The van der Waals surface area contributed by atoms with Crippen LogP contribution in [0.1, 0.15) is 90.9 Å². The first-order valence-electron chi connectivity index (χ1n) is 11.5. The monoisotopic (exact) mass is 387 g/mol. The summed E-state index contributed by atoms with van der Waals surface area (Å²) in [6.07, 6.45) is 27.4. The van der Waals surface area contributed by atoms with Crippen molar-refractivity contribution in [2.45, 2.75) is 90.9 Å². The van der Waals surface area contributed by atoms with Gasteiger partial charge in [0.15, 0.2) is 0 Å². The Hall–Kier alpha value is -1.64. The van der Waals surface area contributed by atoms with Gasteiger partial charge in [0.25, 0.3) is 0 Å². The molecule has 1 atom stereocenters. The molecule has 1 aliphatic rings. The second-order valence-electron chi connectivity index (χ2n) is 7.61. The maximum Gasteiger partial charge on any atom is 0.330 e. The number of ether oxygens (including phenoxy) is 1. The van der Waals surface area contributed by atoms with Crippen molar-refractivity contribution in [2.75, 3.05) is 13.2 Å². The molecule has 1 rings (SSSR count). The molecule has 158 valence electrons. The molecule has 0 fully saturated rings. The van der Waals surface area contributed by atoms with Crippen LogP contribution in [-0.2, 0) is 9.53 Å². The van der Waals surface area contributed by atoms with E-state index in [-0.39, 0.29) is 5.97 Å². The Kier molecular flexibility index (Phi) is 15.2. The quantitative estimate of drug-likeness (QED) is 0.131. The molecule has 1 aliphatic carbocycles. The Bertz CT molecular complexity index is 517. The van der Waals surface area contributed by atoms with Crippen molar-refractivity contribution in [3.63, 3.8) is 0 Å². The number of hydrogen-bond acceptors (Lipinski definition) is 3. The van der Waals surface area contributed by atoms with E-state index in [2.05, 4.69) is 31.2 Å². The largest absolute Gasteiger partial charge is 0.463 e. The van der Waals surface area contributed by atoms with Crippen molar-refractivity contribution in [2.24, 2.45) is 10.9 Å². The maximum absolute atomic E-state index is 11.4. The zero-order chi connectivity index (χ0) is 20.3. The van der Waals surface area contributed by atoms with Gasteiger partial charge in [-0.2, -0.15) is 0 Å². The minimum atomic E-state index is -0.251. The van der Waals surface area contributed by atoms with E-state index in [1.165, 1.54) is 51.4 Å². The summed E-state index contributed by atoms with van der Waals surface area (Å²) in [7, 11) is 0. The van der Waals surface area contributed by atoms with E-state index in [4.69, 9.17) is 9.73 Å². The van der Waals surface area contributed by atoms with Crippen molar-refractivity contribution in [1.82, 2.24) is 0 Å². The first-order valence-corrected chi connectivity index (χ1v) is 11.5. The van der Waals surface area contributed by atoms with Crippen LogP contribution < -0.4 is 0 Å².